The Morgan fingerprint density at radius 3 is 1.14 bits per heavy atom. The summed E-state index contributed by atoms with van der Waals surface area (Å²) >= 11 is 0. The molecule has 0 nitrogen and oxygen atoms in total. The molecule has 0 aliphatic rings. The van der Waals surface area contributed by atoms with Crippen LogP contribution in [0.4, 0.5) is 0 Å². The van der Waals surface area contributed by atoms with Crippen molar-refractivity contribution in [2.75, 3.05) is 0 Å². The zero-order chi connectivity index (χ0) is 11.7. The van der Waals surface area contributed by atoms with Crippen LogP contribution in [-0.4, -0.2) is 0 Å². The lowest BCUT2D eigenvalue weighted by Gasteiger charge is -1.81. The van der Waals surface area contributed by atoms with Gasteiger partial charge in [0, 0.05) is 0 Å². The molecule has 0 aromatic rings. The van der Waals surface area contributed by atoms with E-state index in [4.69, 9.17) is 0 Å². The molecule has 0 saturated carbocycles. The zero-order valence-electron chi connectivity index (χ0n) is 10.2. The van der Waals surface area contributed by atoms with E-state index >= 15 is 0 Å². The molecule has 0 spiro atoms. The summed E-state index contributed by atoms with van der Waals surface area (Å²) in [6, 6.07) is 0. The van der Waals surface area contributed by atoms with Crippen molar-refractivity contribution in [3.8, 4) is 0 Å². The molecule has 0 bridgehead atoms. The average molecular weight is 196 g/mol. The quantitative estimate of drug-likeness (QED) is 0.387. The van der Waals surface area contributed by atoms with Gasteiger partial charge in [-0.3, -0.25) is 0 Å². The summed E-state index contributed by atoms with van der Waals surface area (Å²) in [6.07, 6.45) is 11.4. The fourth-order valence-electron chi connectivity index (χ4n) is 0.697. The molecule has 0 aromatic heterocycles. The Hall–Kier alpha value is -0.780. The van der Waals surface area contributed by atoms with Crippen LogP contribution in [0.25, 0.3) is 0 Å². The van der Waals surface area contributed by atoms with Crippen molar-refractivity contribution in [1.29, 1.82) is 0 Å². The molecular formula is C14H28. The van der Waals surface area contributed by atoms with E-state index in [0.717, 1.165) is 0 Å². The SMILES string of the molecule is C=C.C=CCCCC.C=CCCCC. The van der Waals surface area contributed by atoms with Crippen LogP contribution in [0.5, 0.6) is 0 Å². The van der Waals surface area contributed by atoms with E-state index in [1.165, 1.54) is 38.5 Å². The minimum Gasteiger partial charge on any atom is -0.106 e. The van der Waals surface area contributed by atoms with E-state index in [2.05, 4.69) is 40.2 Å². The Bertz CT molecular complexity index is 80.2. The van der Waals surface area contributed by atoms with Gasteiger partial charge in [-0.2, -0.15) is 0 Å². The predicted molar refractivity (Wildman–Crippen MR) is 70.7 cm³/mol. The van der Waals surface area contributed by atoms with Gasteiger partial charge in [0.05, 0.1) is 0 Å². The number of hydrogen-bond acceptors (Lipinski definition) is 0. The Balaban J connectivity index is -0.000000147. The molecule has 0 atom stereocenters. The maximum absolute atomic E-state index is 3.60. The minimum atomic E-state index is 1.18. The summed E-state index contributed by atoms with van der Waals surface area (Å²) in [5.74, 6) is 0. The summed E-state index contributed by atoms with van der Waals surface area (Å²) in [6.45, 7) is 17.6. The van der Waals surface area contributed by atoms with Gasteiger partial charge in [-0.05, 0) is 12.8 Å². The largest absolute Gasteiger partial charge is 0.106 e. The zero-order valence-corrected chi connectivity index (χ0v) is 10.2. The van der Waals surface area contributed by atoms with Gasteiger partial charge in [0.15, 0.2) is 0 Å². The Labute approximate surface area is 91.4 Å². The van der Waals surface area contributed by atoms with Crippen molar-refractivity contribution in [2.24, 2.45) is 0 Å². The first-order valence-corrected chi connectivity index (χ1v) is 5.55. The van der Waals surface area contributed by atoms with Crippen LogP contribution in [0.2, 0.25) is 0 Å². The first kappa shape index (κ1) is 18.9. The molecule has 0 saturated heterocycles. The Kier molecular flexibility index (Phi) is 39.8. The molecule has 0 rings (SSSR count). The highest BCUT2D eigenvalue weighted by Crippen LogP contribution is 1.91. The van der Waals surface area contributed by atoms with E-state index in [9.17, 15) is 0 Å². The second-order valence-electron chi connectivity index (χ2n) is 2.86. The van der Waals surface area contributed by atoms with Crippen LogP contribution in [-0.2, 0) is 0 Å². The van der Waals surface area contributed by atoms with Crippen molar-refractivity contribution in [3.63, 3.8) is 0 Å². The highest BCUT2D eigenvalue weighted by molar-refractivity contribution is 4.64. The van der Waals surface area contributed by atoms with Crippen molar-refractivity contribution in [1.82, 2.24) is 0 Å². The number of unbranched alkanes of at least 4 members (excludes halogenated alkanes) is 4. The molecule has 0 heterocycles. The normalized spacial score (nSPS) is 7.29. The molecule has 14 heavy (non-hydrogen) atoms. The summed E-state index contributed by atoms with van der Waals surface area (Å²) < 4.78 is 0. The third-order valence-electron chi connectivity index (χ3n) is 1.52. The highest BCUT2D eigenvalue weighted by atomic mass is 13.8. The van der Waals surface area contributed by atoms with E-state index in [-0.39, 0.29) is 0 Å². The molecular weight excluding hydrogens is 168 g/mol. The lowest BCUT2D eigenvalue weighted by molar-refractivity contribution is 0.816. The molecule has 0 aliphatic heterocycles. The molecule has 0 fully saturated rings. The van der Waals surface area contributed by atoms with Crippen LogP contribution in [0.15, 0.2) is 38.5 Å². The number of allylic oxidation sites excluding steroid dienone is 2. The molecule has 0 heteroatoms. The highest BCUT2D eigenvalue weighted by Gasteiger charge is 1.71. The lowest BCUT2D eigenvalue weighted by Crippen LogP contribution is -1.61. The second kappa shape index (κ2) is 29.5. The summed E-state index contributed by atoms with van der Waals surface area (Å²) in [4.78, 5) is 0. The van der Waals surface area contributed by atoms with Gasteiger partial charge in [-0.1, -0.05) is 51.7 Å². The smallest absolute Gasteiger partial charge is 0.0354 e. The van der Waals surface area contributed by atoms with Gasteiger partial charge in [0.25, 0.3) is 0 Å². The second-order valence-corrected chi connectivity index (χ2v) is 2.86. The van der Waals surface area contributed by atoms with Gasteiger partial charge >= 0.3 is 0 Å². The predicted octanol–water partition coefficient (Wildman–Crippen LogP) is 5.53. The molecule has 0 N–H and O–H groups in total. The van der Waals surface area contributed by atoms with E-state index in [1.54, 1.807) is 0 Å². The molecule has 0 aliphatic carbocycles. The fourth-order valence-corrected chi connectivity index (χ4v) is 0.697. The van der Waals surface area contributed by atoms with Crippen LogP contribution in [0.1, 0.15) is 52.4 Å². The van der Waals surface area contributed by atoms with Crippen molar-refractivity contribution in [2.45, 2.75) is 52.4 Å². The lowest BCUT2D eigenvalue weighted by atomic mass is 10.3. The maximum Gasteiger partial charge on any atom is -0.0354 e. The van der Waals surface area contributed by atoms with Gasteiger partial charge in [-0.25, -0.2) is 0 Å². The monoisotopic (exact) mass is 196 g/mol. The van der Waals surface area contributed by atoms with Gasteiger partial charge in [0.2, 0.25) is 0 Å². The van der Waals surface area contributed by atoms with E-state index in [1.807, 2.05) is 12.2 Å². The first-order chi connectivity index (χ1) is 6.83. The summed E-state index contributed by atoms with van der Waals surface area (Å²) in [5.41, 5.74) is 0. The van der Waals surface area contributed by atoms with Gasteiger partial charge in [-0.15, -0.1) is 26.3 Å². The number of hydrogen-bond donors (Lipinski definition) is 0. The molecule has 84 valence electrons. The van der Waals surface area contributed by atoms with Crippen molar-refractivity contribution in [3.05, 3.63) is 38.5 Å². The average Bonchev–Trinajstić information content (AvgIpc) is 2.27. The maximum atomic E-state index is 3.60. The van der Waals surface area contributed by atoms with Crippen LogP contribution < -0.4 is 0 Å². The minimum absolute atomic E-state index is 1.18. The van der Waals surface area contributed by atoms with Gasteiger partial charge < -0.3 is 0 Å². The molecule has 0 aromatic carbocycles. The fraction of sp³-hybridized carbons (Fsp3) is 0.571. The third kappa shape index (κ3) is 43.0. The summed E-state index contributed by atoms with van der Waals surface area (Å²) in [5, 5.41) is 0. The Morgan fingerprint density at radius 2 is 1.07 bits per heavy atom. The van der Waals surface area contributed by atoms with Crippen molar-refractivity contribution >= 4 is 0 Å². The van der Waals surface area contributed by atoms with E-state index in [0.29, 0.717) is 0 Å². The number of rotatable bonds is 6. The molecule has 0 unspecified atom stereocenters. The van der Waals surface area contributed by atoms with Crippen LogP contribution in [0.3, 0.4) is 0 Å². The molecule has 0 radical (unpaired) electrons. The third-order valence-corrected chi connectivity index (χ3v) is 1.52. The Morgan fingerprint density at radius 1 is 0.786 bits per heavy atom. The summed E-state index contributed by atoms with van der Waals surface area (Å²) in [7, 11) is 0. The standard InChI is InChI=1S/2C6H12.C2H4/c2*1-3-5-6-4-2;1-2/h2*3H,1,4-6H2,2H3;1-2H2. The van der Waals surface area contributed by atoms with E-state index < -0.39 is 0 Å². The topological polar surface area (TPSA) is 0 Å². The van der Waals surface area contributed by atoms with Gasteiger partial charge in [0.1, 0.15) is 0 Å². The molecule has 0 amide bonds. The van der Waals surface area contributed by atoms with Crippen LogP contribution in [0, 0.1) is 0 Å². The van der Waals surface area contributed by atoms with Crippen LogP contribution >= 0.6 is 0 Å². The van der Waals surface area contributed by atoms with Crippen molar-refractivity contribution < 1.29 is 0 Å². The first-order valence-electron chi connectivity index (χ1n) is 5.55.